The van der Waals surface area contributed by atoms with E-state index >= 15 is 0 Å². The molecule has 0 amide bonds. The second kappa shape index (κ2) is 3.95. The van der Waals surface area contributed by atoms with Gasteiger partial charge in [0, 0.05) is 11.6 Å². The van der Waals surface area contributed by atoms with Crippen LogP contribution in [-0.2, 0) is 4.74 Å². The lowest BCUT2D eigenvalue weighted by molar-refractivity contribution is 0.151. The highest BCUT2D eigenvalue weighted by Gasteiger charge is 2.19. The maximum Gasteiger partial charge on any atom is 0.356 e. The standard InChI is InChI=1S/C8H9N3O3S/c9-5-1-2-11(8(13)10-5)6-4-15-7(3-12)14-6/h1-2,4,7,12H,3H2,(H2,9,10,13)/t7-/m1/s1. The van der Waals surface area contributed by atoms with Crippen molar-refractivity contribution in [2.45, 2.75) is 5.44 Å². The zero-order chi connectivity index (χ0) is 10.8. The maximum absolute atomic E-state index is 11.4. The third-order valence-electron chi connectivity index (χ3n) is 1.78. The van der Waals surface area contributed by atoms with Gasteiger partial charge in [-0.2, -0.15) is 4.98 Å². The van der Waals surface area contributed by atoms with Gasteiger partial charge in [-0.25, -0.2) is 9.36 Å². The third kappa shape index (κ3) is 1.97. The van der Waals surface area contributed by atoms with Crippen LogP contribution in [0.2, 0.25) is 0 Å². The average Bonchev–Trinajstić information content (AvgIpc) is 2.66. The summed E-state index contributed by atoms with van der Waals surface area (Å²) in [4.78, 5) is 15.0. The van der Waals surface area contributed by atoms with E-state index in [1.807, 2.05) is 0 Å². The smallest absolute Gasteiger partial charge is 0.356 e. The first kappa shape index (κ1) is 10.1. The van der Waals surface area contributed by atoms with Gasteiger partial charge < -0.3 is 15.6 Å². The lowest BCUT2D eigenvalue weighted by Gasteiger charge is -2.10. The van der Waals surface area contributed by atoms with Gasteiger partial charge in [0.2, 0.25) is 5.88 Å². The van der Waals surface area contributed by atoms with E-state index < -0.39 is 5.69 Å². The molecule has 15 heavy (non-hydrogen) atoms. The SMILES string of the molecule is Nc1ccn(C2=CS[C@H](CO)O2)c(=O)n1. The van der Waals surface area contributed by atoms with Crippen LogP contribution >= 0.6 is 11.8 Å². The molecular weight excluding hydrogens is 218 g/mol. The molecule has 7 heteroatoms. The van der Waals surface area contributed by atoms with Crippen LogP contribution in [0.1, 0.15) is 0 Å². The second-order valence-electron chi connectivity index (χ2n) is 2.83. The molecule has 0 saturated heterocycles. The van der Waals surface area contributed by atoms with Crippen LogP contribution in [-0.4, -0.2) is 26.7 Å². The molecular formula is C8H9N3O3S. The first-order valence-corrected chi connectivity index (χ1v) is 5.13. The molecule has 3 N–H and O–H groups in total. The zero-order valence-electron chi connectivity index (χ0n) is 7.66. The zero-order valence-corrected chi connectivity index (χ0v) is 8.48. The summed E-state index contributed by atoms with van der Waals surface area (Å²) in [6.45, 7) is -0.109. The predicted octanol–water partition coefficient (Wildman–Crippen LogP) is -0.337. The molecule has 1 aromatic rings. The number of hydrogen-bond acceptors (Lipinski definition) is 6. The average molecular weight is 227 g/mol. The monoisotopic (exact) mass is 227 g/mol. The van der Waals surface area contributed by atoms with Crippen molar-refractivity contribution < 1.29 is 9.84 Å². The summed E-state index contributed by atoms with van der Waals surface area (Å²) in [6.07, 6.45) is 1.48. The van der Waals surface area contributed by atoms with Crippen molar-refractivity contribution in [3.8, 4) is 0 Å². The molecule has 1 aliphatic rings. The Labute approximate surface area is 89.4 Å². The van der Waals surface area contributed by atoms with E-state index in [-0.39, 0.29) is 17.9 Å². The minimum Gasteiger partial charge on any atom is -0.461 e. The number of nitrogens with two attached hydrogens (primary N) is 1. The molecule has 0 aromatic carbocycles. The van der Waals surface area contributed by atoms with Crippen molar-refractivity contribution in [1.29, 1.82) is 0 Å². The van der Waals surface area contributed by atoms with E-state index in [2.05, 4.69) is 4.98 Å². The highest BCUT2D eigenvalue weighted by Crippen LogP contribution is 2.28. The molecule has 80 valence electrons. The topological polar surface area (TPSA) is 90.4 Å². The fourth-order valence-electron chi connectivity index (χ4n) is 1.10. The van der Waals surface area contributed by atoms with E-state index in [9.17, 15) is 4.79 Å². The van der Waals surface area contributed by atoms with Crippen LogP contribution in [0.15, 0.2) is 22.5 Å². The highest BCUT2D eigenvalue weighted by molar-refractivity contribution is 8.03. The Balaban J connectivity index is 2.28. The van der Waals surface area contributed by atoms with Gasteiger partial charge in [-0.15, -0.1) is 0 Å². The number of ether oxygens (including phenoxy) is 1. The number of anilines is 1. The van der Waals surface area contributed by atoms with Crippen LogP contribution in [0.3, 0.4) is 0 Å². The Hall–Kier alpha value is -1.47. The number of aromatic nitrogens is 2. The molecule has 0 aliphatic carbocycles. The Bertz CT molecular complexity index is 457. The molecule has 2 heterocycles. The van der Waals surface area contributed by atoms with Gasteiger partial charge in [-0.1, -0.05) is 11.8 Å². The van der Waals surface area contributed by atoms with Gasteiger partial charge in [-0.3, -0.25) is 0 Å². The Kier molecular flexibility index (Phi) is 2.65. The molecule has 2 rings (SSSR count). The van der Waals surface area contributed by atoms with Gasteiger partial charge in [0.15, 0.2) is 5.44 Å². The van der Waals surface area contributed by atoms with E-state index in [4.69, 9.17) is 15.6 Å². The molecule has 1 aliphatic heterocycles. The van der Waals surface area contributed by atoms with Crippen molar-refractivity contribution >= 4 is 23.5 Å². The molecule has 0 unspecified atom stereocenters. The summed E-state index contributed by atoms with van der Waals surface area (Å²) >= 11 is 1.31. The fraction of sp³-hybridized carbons (Fsp3) is 0.250. The molecule has 0 saturated carbocycles. The minimum atomic E-state index is -0.500. The lowest BCUT2D eigenvalue weighted by atomic mass is 10.6. The molecule has 0 fully saturated rings. The molecule has 6 nitrogen and oxygen atoms in total. The Morgan fingerprint density at radius 1 is 1.73 bits per heavy atom. The molecule has 1 aromatic heterocycles. The number of nitrogens with zero attached hydrogens (tertiary/aromatic N) is 2. The van der Waals surface area contributed by atoms with E-state index in [0.29, 0.717) is 5.88 Å². The summed E-state index contributed by atoms with van der Waals surface area (Å²) in [5, 5.41) is 10.5. The first-order chi connectivity index (χ1) is 7.20. The Morgan fingerprint density at radius 2 is 2.53 bits per heavy atom. The van der Waals surface area contributed by atoms with Crippen molar-refractivity contribution in [3.05, 3.63) is 28.2 Å². The van der Waals surface area contributed by atoms with Gasteiger partial charge in [0.05, 0.1) is 6.61 Å². The number of aliphatic hydroxyl groups excluding tert-OH is 1. The molecule has 1 atom stereocenters. The van der Waals surface area contributed by atoms with E-state index in [1.165, 1.54) is 28.6 Å². The lowest BCUT2D eigenvalue weighted by Crippen LogP contribution is -2.23. The van der Waals surface area contributed by atoms with Crippen molar-refractivity contribution in [2.24, 2.45) is 0 Å². The van der Waals surface area contributed by atoms with Crippen LogP contribution in [0.4, 0.5) is 5.82 Å². The summed E-state index contributed by atoms with van der Waals surface area (Å²) in [5.74, 6) is 0.526. The normalized spacial score (nSPS) is 19.8. The summed E-state index contributed by atoms with van der Waals surface area (Å²) in [5.41, 5.74) is 4.49. The van der Waals surface area contributed by atoms with Crippen LogP contribution in [0, 0.1) is 0 Å². The number of hydrogen-bond donors (Lipinski definition) is 2. The molecule has 0 spiro atoms. The third-order valence-corrected chi connectivity index (χ3v) is 2.67. The number of aliphatic hydroxyl groups is 1. The van der Waals surface area contributed by atoms with Gasteiger partial charge >= 0.3 is 5.69 Å². The highest BCUT2D eigenvalue weighted by atomic mass is 32.2. The van der Waals surface area contributed by atoms with Gasteiger partial charge in [0.25, 0.3) is 0 Å². The Morgan fingerprint density at radius 3 is 3.13 bits per heavy atom. The first-order valence-electron chi connectivity index (χ1n) is 4.19. The van der Waals surface area contributed by atoms with E-state index in [0.717, 1.165) is 0 Å². The largest absolute Gasteiger partial charge is 0.461 e. The van der Waals surface area contributed by atoms with Crippen LogP contribution < -0.4 is 11.4 Å². The summed E-state index contributed by atoms with van der Waals surface area (Å²) < 4.78 is 6.51. The van der Waals surface area contributed by atoms with Crippen LogP contribution in [0.5, 0.6) is 0 Å². The second-order valence-corrected chi connectivity index (χ2v) is 3.86. The van der Waals surface area contributed by atoms with Crippen molar-refractivity contribution in [1.82, 2.24) is 9.55 Å². The quantitative estimate of drug-likeness (QED) is 0.718. The van der Waals surface area contributed by atoms with E-state index in [1.54, 1.807) is 5.41 Å². The minimum absolute atomic E-state index is 0.109. The molecule has 0 bridgehead atoms. The predicted molar refractivity (Wildman–Crippen MR) is 56.7 cm³/mol. The molecule has 0 radical (unpaired) electrons. The number of nitrogen functional groups attached to an aromatic ring is 1. The van der Waals surface area contributed by atoms with Crippen molar-refractivity contribution in [2.75, 3.05) is 12.3 Å². The van der Waals surface area contributed by atoms with Crippen LogP contribution in [0.25, 0.3) is 5.88 Å². The summed E-state index contributed by atoms with van der Waals surface area (Å²) in [6, 6.07) is 1.50. The number of rotatable bonds is 2. The van der Waals surface area contributed by atoms with Crippen molar-refractivity contribution in [3.63, 3.8) is 0 Å². The van der Waals surface area contributed by atoms with Gasteiger partial charge in [0.1, 0.15) is 5.82 Å². The van der Waals surface area contributed by atoms with Gasteiger partial charge in [-0.05, 0) is 6.07 Å². The fourth-order valence-corrected chi connectivity index (χ4v) is 1.78. The summed E-state index contributed by atoms with van der Waals surface area (Å²) in [7, 11) is 0. The maximum atomic E-state index is 11.4. The number of thioether (sulfide) groups is 1.